The van der Waals surface area contributed by atoms with Crippen LogP contribution in [0.15, 0.2) is 11.5 Å². The predicted octanol–water partition coefficient (Wildman–Crippen LogP) is 2.88. The van der Waals surface area contributed by atoms with Gasteiger partial charge in [-0.1, -0.05) is 19.4 Å². The zero-order valence-corrected chi connectivity index (χ0v) is 5.62. The SMILES string of the molecule is O=C(O)/C=C/S(F)(F)(F)(F)F. The zero-order valence-electron chi connectivity index (χ0n) is 4.81. The summed E-state index contributed by atoms with van der Waals surface area (Å²) in [5.74, 6) is -2.07. The molecular weight excluding hydrogens is 195 g/mol. The van der Waals surface area contributed by atoms with Gasteiger partial charge in [-0.2, -0.15) is 0 Å². The molecule has 0 aliphatic heterocycles. The highest BCUT2D eigenvalue weighted by atomic mass is 32.5. The van der Waals surface area contributed by atoms with Gasteiger partial charge in [0.2, 0.25) is 0 Å². The molecule has 0 amide bonds. The second-order valence-corrected chi connectivity index (χ2v) is 4.00. The summed E-state index contributed by atoms with van der Waals surface area (Å²) in [6, 6.07) is 0. The van der Waals surface area contributed by atoms with Crippen molar-refractivity contribution < 1.29 is 29.3 Å². The maximum atomic E-state index is 11.2. The normalized spacial score (nSPS) is 19.4. The van der Waals surface area contributed by atoms with Crippen LogP contribution in [0.3, 0.4) is 0 Å². The van der Waals surface area contributed by atoms with Crippen LogP contribution < -0.4 is 0 Å². The van der Waals surface area contributed by atoms with E-state index in [9.17, 15) is 24.2 Å². The summed E-state index contributed by atoms with van der Waals surface area (Å²) < 4.78 is 56.1. The molecule has 0 aromatic carbocycles. The van der Waals surface area contributed by atoms with Gasteiger partial charge in [-0.3, -0.25) is 0 Å². The summed E-state index contributed by atoms with van der Waals surface area (Å²) in [5, 5.41) is 6.09. The molecule has 0 fully saturated rings. The Balaban J connectivity index is 4.78. The standard InChI is InChI=1S/C3H3F5O2S/c4-11(5,6,7,8)2-1-3(9)10/h1-2H,(H,9,10)/b2-1+. The molecule has 0 saturated heterocycles. The van der Waals surface area contributed by atoms with Gasteiger partial charge in [0.1, 0.15) is 0 Å². The Bertz CT molecular complexity index is 211. The zero-order chi connectivity index (χ0) is 9.40. The van der Waals surface area contributed by atoms with E-state index < -0.39 is 27.7 Å². The lowest BCUT2D eigenvalue weighted by Crippen LogP contribution is -2.01. The number of aliphatic carboxylic acids is 1. The predicted molar refractivity (Wildman–Crippen MR) is 29.9 cm³/mol. The van der Waals surface area contributed by atoms with Crippen molar-refractivity contribution in [1.82, 2.24) is 0 Å². The molecule has 0 aromatic rings. The van der Waals surface area contributed by atoms with Crippen molar-refractivity contribution >= 4 is 16.2 Å². The highest BCUT2D eigenvalue weighted by Gasteiger charge is 2.60. The Morgan fingerprint density at radius 1 is 1.18 bits per heavy atom. The van der Waals surface area contributed by atoms with Crippen LogP contribution in [0.25, 0.3) is 0 Å². The summed E-state index contributed by atoms with van der Waals surface area (Å²) >= 11 is 0. The molecule has 0 aliphatic carbocycles. The molecule has 68 valence electrons. The fourth-order valence-corrected chi connectivity index (χ4v) is 0.560. The smallest absolute Gasteiger partial charge is 0.329 e. The summed E-state index contributed by atoms with van der Waals surface area (Å²) in [6.45, 7) is 0. The fraction of sp³-hybridized carbons (Fsp3) is 0. The minimum absolute atomic E-state index is 0.637. The molecule has 0 spiro atoms. The Labute approximate surface area is 58.0 Å². The molecule has 0 unspecified atom stereocenters. The largest absolute Gasteiger partial charge is 0.478 e. The molecule has 0 atom stereocenters. The van der Waals surface area contributed by atoms with Crippen LogP contribution in [0.1, 0.15) is 0 Å². The van der Waals surface area contributed by atoms with Crippen LogP contribution in [-0.4, -0.2) is 11.1 Å². The molecule has 0 bridgehead atoms. The molecule has 8 heteroatoms. The van der Waals surface area contributed by atoms with Crippen molar-refractivity contribution in [2.75, 3.05) is 0 Å². The first-order valence-corrected chi connectivity index (χ1v) is 4.07. The average Bonchev–Trinajstić information content (AvgIpc) is 1.56. The highest BCUT2D eigenvalue weighted by molar-refractivity contribution is 8.48. The van der Waals surface area contributed by atoms with Gasteiger partial charge < -0.3 is 5.11 Å². The first-order chi connectivity index (χ1) is 4.39. The van der Waals surface area contributed by atoms with E-state index in [2.05, 4.69) is 0 Å². The molecule has 0 heterocycles. The van der Waals surface area contributed by atoms with E-state index in [0.29, 0.717) is 0 Å². The maximum Gasteiger partial charge on any atom is 0.329 e. The van der Waals surface area contributed by atoms with Gasteiger partial charge in [0.25, 0.3) is 0 Å². The molecule has 0 aliphatic rings. The summed E-state index contributed by atoms with van der Waals surface area (Å²) in [4.78, 5) is 9.43. The maximum absolute atomic E-state index is 11.2. The first-order valence-electron chi connectivity index (χ1n) is 2.06. The lowest BCUT2D eigenvalue weighted by Gasteiger charge is -2.36. The van der Waals surface area contributed by atoms with Crippen LogP contribution in [0.5, 0.6) is 0 Å². The minimum atomic E-state index is -9.66. The lowest BCUT2D eigenvalue weighted by atomic mass is 10.7. The van der Waals surface area contributed by atoms with Crippen molar-refractivity contribution in [3.63, 3.8) is 0 Å². The number of rotatable bonds is 2. The number of hydrogen-bond donors (Lipinski definition) is 1. The average molecular weight is 198 g/mol. The number of hydrogen-bond acceptors (Lipinski definition) is 1. The van der Waals surface area contributed by atoms with Crippen molar-refractivity contribution in [2.45, 2.75) is 0 Å². The second-order valence-electron chi connectivity index (χ2n) is 1.67. The van der Waals surface area contributed by atoms with Crippen LogP contribution in [0, 0.1) is 0 Å². The molecule has 0 radical (unpaired) electrons. The Hall–Kier alpha value is -0.790. The van der Waals surface area contributed by atoms with Gasteiger partial charge in [0, 0.05) is 6.08 Å². The van der Waals surface area contributed by atoms with Gasteiger partial charge >= 0.3 is 16.2 Å². The third kappa shape index (κ3) is 9.21. The highest BCUT2D eigenvalue weighted by Crippen LogP contribution is 2.98. The summed E-state index contributed by atoms with van der Waals surface area (Å²) in [6.07, 6.45) is -0.637. The van der Waals surface area contributed by atoms with E-state index in [1.165, 1.54) is 0 Å². The topological polar surface area (TPSA) is 37.3 Å². The van der Waals surface area contributed by atoms with Gasteiger partial charge in [-0.05, 0) is 0 Å². The van der Waals surface area contributed by atoms with Crippen LogP contribution >= 0.6 is 10.2 Å². The number of carboxylic acid groups (broad SMARTS) is 1. The third-order valence-electron chi connectivity index (χ3n) is 0.468. The molecule has 0 saturated carbocycles. The monoisotopic (exact) mass is 198 g/mol. The van der Waals surface area contributed by atoms with Crippen molar-refractivity contribution in [3.8, 4) is 0 Å². The van der Waals surface area contributed by atoms with Crippen molar-refractivity contribution in [3.05, 3.63) is 11.5 Å². The number of carbonyl (C=O) groups is 1. The van der Waals surface area contributed by atoms with E-state index in [1.54, 1.807) is 0 Å². The van der Waals surface area contributed by atoms with Gasteiger partial charge in [0.15, 0.2) is 0 Å². The number of halogens is 5. The van der Waals surface area contributed by atoms with Crippen molar-refractivity contribution in [2.24, 2.45) is 0 Å². The summed E-state index contributed by atoms with van der Waals surface area (Å²) in [5.41, 5.74) is 0. The number of carboxylic acids is 1. The molecule has 0 aromatic heterocycles. The minimum Gasteiger partial charge on any atom is -0.478 e. The van der Waals surface area contributed by atoms with Gasteiger partial charge in [0.05, 0.1) is 5.41 Å². The van der Waals surface area contributed by atoms with E-state index >= 15 is 0 Å². The summed E-state index contributed by atoms with van der Waals surface area (Å²) in [7, 11) is -9.66. The molecule has 0 rings (SSSR count). The van der Waals surface area contributed by atoms with E-state index in [1.807, 2.05) is 0 Å². The molecular formula is C3H3F5O2S. The quantitative estimate of drug-likeness (QED) is 0.547. The molecule has 2 nitrogen and oxygen atoms in total. The molecule has 11 heavy (non-hydrogen) atoms. The Kier molecular flexibility index (Phi) is 1.56. The van der Waals surface area contributed by atoms with Crippen LogP contribution in [0.2, 0.25) is 0 Å². The van der Waals surface area contributed by atoms with Crippen LogP contribution in [-0.2, 0) is 4.79 Å². The lowest BCUT2D eigenvalue weighted by molar-refractivity contribution is -0.131. The second kappa shape index (κ2) is 1.68. The third-order valence-corrected chi connectivity index (χ3v) is 1.12. The fourth-order valence-electron chi connectivity index (χ4n) is 0.187. The Morgan fingerprint density at radius 2 is 1.55 bits per heavy atom. The first kappa shape index (κ1) is 10.2. The van der Waals surface area contributed by atoms with Gasteiger partial charge in [-0.15, -0.1) is 0 Å². The van der Waals surface area contributed by atoms with Crippen LogP contribution in [0.4, 0.5) is 19.4 Å². The van der Waals surface area contributed by atoms with Gasteiger partial charge in [-0.25, -0.2) is 4.79 Å². The van der Waals surface area contributed by atoms with Crippen molar-refractivity contribution in [1.29, 1.82) is 0 Å². The van der Waals surface area contributed by atoms with E-state index in [4.69, 9.17) is 5.11 Å². The van der Waals surface area contributed by atoms with E-state index in [-0.39, 0.29) is 0 Å². The van der Waals surface area contributed by atoms with E-state index in [0.717, 1.165) is 0 Å². The molecule has 1 N–H and O–H groups in total. The Morgan fingerprint density at radius 3 is 1.64 bits per heavy atom.